The fourth-order valence-corrected chi connectivity index (χ4v) is 3.44. The normalized spacial score (nSPS) is 17.5. The summed E-state index contributed by atoms with van der Waals surface area (Å²) in [7, 11) is 0. The summed E-state index contributed by atoms with van der Waals surface area (Å²) in [5.74, 6) is -1.46. The van der Waals surface area contributed by atoms with Crippen LogP contribution < -0.4 is 0 Å². The molecule has 1 aromatic carbocycles. The van der Waals surface area contributed by atoms with E-state index in [0.29, 0.717) is 41.9 Å². The molecule has 2 heterocycles. The van der Waals surface area contributed by atoms with Gasteiger partial charge in [0.2, 0.25) is 0 Å². The zero-order valence-electron chi connectivity index (χ0n) is 15.0. The lowest BCUT2D eigenvalue weighted by atomic mass is 9.93. The van der Waals surface area contributed by atoms with Gasteiger partial charge in [0.1, 0.15) is 11.3 Å². The Morgan fingerprint density at radius 1 is 1.27 bits per heavy atom. The summed E-state index contributed by atoms with van der Waals surface area (Å²) in [6.45, 7) is 4.68. The molecular weight excluding hydrogens is 337 g/mol. The van der Waals surface area contributed by atoms with Crippen LogP contribution in [0.3, 0.4) is 0 Å². The smallest absolute Gasteiger partial charge is 0.303 e. The van der Waals surface area contributed by atoms with E-state index in [1.54, 1.807) is 11.8 Å². The lowest BCUT2D eigenvalue weighted by molar-refractivity contribution is -0.137. The van der Waals surface area contributed by atoms with E-state index < -0.39 is 11.8 Å². The zero-order chi connectivity index (χ0) is 18.8. The van der Waals surface area contributed by atoms with Gasteiger partial charge in [0.25, 0.3) is 5.91 Å². The van der Waals surface area contributed by atoms with Gasteiger partial charge in [-0.15, -0.1) is 0 Å². The van der Waals surface area contributed by atoms with Crippen LogP contribution >= 0.6 is 0 Å². The number of carboxylic acid groups (broad SMARTS) is 1. The summed E-state index contributed by atoms with van der Waals surface area (Å²) in [5.41, 5.74) is 2.40. The van der Waals surface area contributed by atoms with Gasteiger partial charge < -0.3 is 10.0 Å². The van der Waals surface area contributed by atoms with E-state index >= 15 is 0 Å². The summed E-state index contributed by atoms with van der Waals surface area (Å²) < 4.78 is 14.0. The fourth-order valence-electron chi connectivity index (χ4n) is 3.44. The number of amides is 1. The predicted octanol–water partition coefficient (Wildman–Crippen LogP) is 3.10. The number of nitrogens with zero attached hydrogens (tertiary/aromatic N) is 3. The second-order valence-electron chi connectivity index (χ2n) is 6.91. The van der Waals surface area contributed by atoms with Crippen molar-refractivity contribution in [3.63, 3.8) is 0 Å². The van der Waals surface area contributed by atoms with Gasteiger partial charge in [-0.05, 0) is 45.1 Å². The van der Waals surface area contributed by atoms with E-state index in [2.05, 4.69) is 9.97 Å². The van der Waals surface area contributed by atoms with E-state index in [-0.39, 0.29) is 23.8 Å². The molecule has 0 radical (unpaired) electrons. The first-order chi connectivity index (χ1) is 12.3. The van der Waals surface area contributed by atoms with Crippen molar-refractivity contribution in [2.75, 3.05) is 13.1 Å². The minimum atomic E-state index is -0.828. The van der Waals surface area contributed by atoms with E-state index in [1.165, 1.54) is 12.1 Å². The Morgan fingerprint density at radius 3 is 2.73 bits per heavy atom. The number of piperidine rings is 1. The molecule has 1 amide bonds. The summed E-state index contributed by atoms with van der Waals surface area (Å²) in [4.78, 5) is 34.3. The highest BCUT2D eigenvalue weighted by Gasteiger charge is 2.27. The third-order valence-corrected chi connectivity index (χ3v) is 4.95. The minimum Gasteiger partial charge on any atom is -0.481 e. The Bertz CT molecular complexity index is 869. The first kappa shape index (κ1) is 18.2. The third-order valence-electron chi connectivity index (χ3n) is 4.95. The summed E-state index contributed by atoms with van der Waals surface area (Å²) >= 11 is 0. The number of rotatable bonds is 4. The Kier molecular flexibility index (Phi) is 5.15. The van der Waals surface area contributed by atoms with Crippen LogP contribution in [0.2, 0.25) is 0 Å². The van der Waals surface area contributed by atoms with Gasteiger partial charge in [-0.25, -0.2) is 14.4 Å². The highest BCUT2D eigenvalue weighted by molar-refractivity contribution is 6.04. The lowest BCUT2D eigenvalue weighted by Crippen LogP contribution is -2.40. The second-order valence-corrected chi connectivity index (χ2v) is 6.91. The molecule has 0 bridgehead atoms. The van der Waals surface area contributed by atoms with Crippen LogP contribution in [0.25, 0.3) is 11.0 Å². The van der Waals surface area contributed by atoms with Crippen LogP contribution in [-0.2, 0) is 4.79 Å². The molecular formula is C19H22FN3O3. The molecule has 1 aliphatic heterocycles. The number of fused-ring (bicyclic) bond motifs is 1. The van der Waals surface area contributed by atoms with Gasteiger partial charge in [-0.3, -0.25) is 9.59 Å². The van der Waals surface area contributed by atoms with E-state index in [9.17, 15) is 14.0 Å². The van der Waals surface area contributed by atoms with Crippen LogP contribution in [0.1, 0.15) is 47.4 Å². The number of aryl methyl sites for hydroxylation is 2. The number of benzene rings is 1. The number of carboxylic acids is 1. The number of halogens is 1. The van der Waals surface area contributed by atoms with Crippen molar-refractivity contribution in [2.45, 2.75) is 39.5 Å². The van der Waals surface area contributed by atoms with E-state index in [1.807, 2.05) is 6.92 Å². The Hall–Kier alpha value is -2.57. The number of hydrogen-bond acceptors (Lipinski definition) is 4. The number of aromatic nitrogens is 2. The third kappa shape index (κ3) is 3.81. The van der Waals surface area contributed by atoms with E-state index in [0.717, 1.165) is 12.8 Å². The molecule has 26 heavy (non-hydrogen) atoms. The summed E-state index contributed by atoms with van der Waals surface area (Å²) in [5, 5.41) is 8.86. The van der Waals surface area contributed by atoms with Gasteiger partial charge in [0.15, 0.2) is 0 Å². The molecule has 6 nitrogen and oxygen atoms in total. The highest BCUT2D eigenvalue weighted by Crippen LogP contribution is 2.25. The molecule has 0 spiro atoms. The molecule has 1 aliphatic rings. The Morgan fingerprint density at radius 2 is 2.00 bits per heavy atom. The molecule has 0 saturated carbocycles. The molecule has 1 fully saturated rings. The molecule has 1 atom stereocenters. The second kappa shape index (κ2) is 7.35. The molecule has 1 aromatic heterocycles. The van der Waals surface area contributed by atoms with Crippen LogP contribution in [-0.4, -0.2) is 44.9 Å². The van der Waals surface area contributed by atoms with Crippen molar-refractivity contribution in [1.82, 2.24) is 14.9 Å². The monoisotopic (exact) mass is 359 g/mol. The largest absolute Gasteiger partial charge is 0.481 e. The van der Waals surface area contributed by atoms with Gasteiger partial charge in [-0.1, -0.05) is 0 Å². The Balaban J connectivity index is 1.89. The molecule has 138 valence electrons. The van der Waals surface area contributed by atoms with Gasteiger partial charge >= 0.3 is 5.97 Å². The van der Waals surface area contributed by atoms with E-state index in [4.69, 9.17) is 5.11 Å². The van der Waals surface area contributed by atoms with Gasteiger partial charge in [0, 0.05) is 25.6 Å². The van der Waals surface area contributed by atoms with Crippen molar-refractivity contribution < 1.29 is 19.1 Å². The van der Waals surface area contributed by atoms with Gasteiger partial charge in [0.05, 0.1) is 22.5 Å². The van der Waals surface area contributed by atoms with Crippen molar-refractivity contribution in [3.8, 4) is 0 Å². The van der Waals surface area contributed by atoms with Crippen molar-refractivity contribution in [1.29, 1.82) is 0 Å². The molecule has 2 aromatic rings. The average Bonchev–Trinajstić information content (AvgIpc) is 2.60. The number of carbonyl (C=O) groups excluding carboxylic acids is 1. The maximum absolute atomic E-state index is 14.0. The minimum absolute atomic E-state index is 0.0968. The molecule has 0 aliphatic carbocycles. The van der Waals surface area contributed by atoms with Crippen LogP contribution in [0.5, 0.6) is 0 Å². The maximum Gasteiger partial charge on any atom is 0.303 e. The quantitative estimate of drug-likeness (QED) is 0.907. The first-order valence-corrected chi connectivity index (χ1v) is 8.80. The summed E-state index contributed by atoms with van der Waals surface area (Å²) in [6, 6.07) is 2.51. The molecule has 7 heteroatoms. The number of carbonyl (C=O) groups is 2. The SMILES string of the molecule is Cc1nc2cc(F)cc(C(=O)N3CCCC(CCC(=O)O)C3)c2nc1C. The van der Waals surface area contributed by atoms with Crippen LogP contribution in [0.4, 0.5) is 4.39 Å². The average molecular weight is 359 g/mol. The van der Waals surface area contributed by atoms with Crippen molar-refractivity contribution in [3.05, 3.63) is 34.9 Å². The number of likely N-dealkylation sites (tertiary alicyclic amines) is 1. The standard InChI is InChI=1S/C19H22FN3O3/c1-11-12(2)22-18-15(8-14(20)9-16(18)21-11)19(26)23-7-3-4-13(10-23)5-6-17(24)25/h8-9,13H,3-7,10H2,1-2H3,(H,24,25). The Labute approximate surface area is 151 Å². The van der Waals surface area contributed by atoms with Crippen molar-refractivity contribution in [2.24, 2.45) is 5.92 Å². The zero-order valence-corrected chi connectivity index (χ0v) is 15.0. The first-order valence-electron chi connectivity index (χ1n) is 8.80. The molecule has 1 saturated heterocycles. The molecule has 3 rings (SSSR count). The number of aliphatic carboxylic acids is 1. The summed E-state index contributed by atoms with van der Waals surface area (Å²) in [6.07, 6.45) is 2.35. The van der Waals surface area contributed by atoms with Crippen LogP contribution in [0, 0.1) is 25.6 Å². The topological polar surface area (TPSA) is 83.4 Å². The molecule has 1 N–H and O–H groups in total. The van der Waals surface area contributed by atoms with Gasteiger partial charge in [-0.2, -0.15) is 0 Å². The molecule has 1 unspecified atom stereocenters. The fraction of sp³-hybridized carbons (Fsp3) is 0.474. The van der Waals surface area contributed by atoms with Crippen molar-refractivity contribution >= 4 is 22.9 Å². The number of hydrogen-bond donors (Lipinski definition) is 1. The maximum atomic E-state index is 14.0. The highest BCUT2D eigenvalue weighted by atomic mass is 19.1. The van der Waals surface area contributed by atoms with Crippen LogP contribution in [0.15, 0.2) is 12.1 Å². The lowest BCUT2D eigenvalue weighted by Gasteiger charge is -2.32. The predicted molar refractivity (Wildman–Crippen MR) is 94.5 cm³/mol.